The Labute approximate surface area is 94.0 Å². The summed E-state index contributed by atoms with van der Waals surface area (Å²) in [6, 6.07) is 2.05. The Morgan fingerprint density at radius 3 is 2.87 bits per heavy atom. The number of rotatable bonds is 1. The van der Waals surface area contributed by atoms with Crippen molar-refractivity contribution in [1.82, 2.24) is 4.98 Å². The summed E-state index contributed by atoms with van der Waals surface area (Å²) in [4.78, 5) is 15.7. The molecule has 0 aliphatic heterocycles. The lowest BCUT2D eigenvalue weighted by Crippen LogP contribution is -2.11. The molecule has 0 unspecified atom stereocenters. The Hall–Kier alpha value is -1.15. The van der Waals surface area contributed by atoms with Crippen LogP contribution < -0.4 is 0 Å². The van der Waals surface area contributed by atoms with Gasteiger partial charge in [0.2, 0.25) is 0 Å². The second-order valence-corrected chi connectivity index (χ2v) is 4.47. The van der Waals surface area contributed by atoms with Crippen LogP contribution in [0.2, 0.25) is 0 Å². The maximum absolute atomic E-state index is 11.4. The van der Waals surface area contributed by atoms with Crippen LogP contribution in [0.25, 0.3) is 6.08 Å². The molecule has 0 bridgehead atoms. The molecule has 0 fully saturated rings. The quantitative estimate of drug-likeness (QED) is 0.730. The molecule has 0 atom stereocenters. The molecule has 0 aromatic carbocycles. The molecule has 2 nitrogen and oxygen atoms in total. The number of fused-ring (bicyclic) bond motifs is 1. The lowest BCUT2D eigenvalue weighted by Gasteiger charge is -2.13. The molecule has 15 heavy (non-hydrogen) atoms. The van der Waals surface area contributed by atoms with E-state index in [-0.39, 0.29) is 10.8 Å². The summed E-state index contributed by atoms with van der Waals surface area (Å²) < 4.78 is 0. The van der Waals surface area contributed by atoms with Gasteiger partial charge in [-0.3, -0.25) is 9.78 Å². The molecule has 0 amide bonds. The zero-order valence-electron chi connectivity index (χ0n) is 8.75. The van der Waals surface area contributed by atoms with E-state index < -0.39 is 0 Å². The second kappa shape index (κ2) is 3.78. The van der Waals surface area contributed by atoms with Gasteiger partial charge < -0.3 is 0 Å². The minimum absolute atomic E-state index is 0.0214. The molecule has 0 spiro atoms. The number of Topliss-reactive ketones (excluding diaryl/α,β-unsaturated/α-hetero) is 1. The smallest absolute Gasteiger partial charge is 0.178 e. The fourth-order valence-corrected chi connectivity index (χ4v) is 1.75. The number of aromatic nitrogens is 1. The molecule has 0 saturated heterocycles. The van der Waals surface area contributed by atoms with Crippen molar-refractivity contribution in [1.29, 1.82) is 0 Å². The lowest BCUT2D eigenvalue weighted by molar-refractivity contribution is -0.114. The largest absolute Gasteiger partial charge is 0.293 e. The Kier molecular flexibility index (Phi) is 2.61. The third kappa shape index (κ3) is 1.95. The fourth-order valence-electron chi connectivity index (χ4n) is 1.58. The van der Waals surface area contributed by atoms with Crippen molar-refractivity contribution in [2.45, 2.75) is 26.2 Å². The predicted octanol–water partition coefficient (Wildman–Crippen LogP) is 2.91. The van der Waals surface area contributed by atoms with Crippen LogP contribution >= 0.6 is 11.6 Å². The van der Waals surface area contributed by atoms with Crippen molar-refractivity contribution >= 4 is 23.5 Å². The molecule has 0 saturated carbocycles. The molecule has 0 radical (unpaired) electrons. The van der Waals surface area contributed by atoms with Gasteiger partial charge in [0.15, 0.2) is 5.78 Å². The SMILES string of the molecule is CC(C)c1cnc2c(c1)CC(=O)C(Cl)=C2. The summed E-state index contributed by atoms with van der Waals surface area (Å²) in [7, 11) is 0. The number of carbonyl (C=O) groups is 1. The third-order valence-corrected chi connectivity index (χ3v) is 2.89. The van der Waals surface area contributed by atoms with Gasteiger partial charge in [0.25, 0.3) is 0 Å². The number of pyridine rings is 1. The first-order valence-corrected chi connectivity index (χ1v) is 5.35. The van der Waals surface area contributed by atoms with Crippen molar-refractivity contribution in [2.24, 2.45) is 0 Å². The highest BCUT2D eigenvalue weighted by molar-refractivity contribution is 6.45. The lowest BCUT2D eigenvalue weighted by atomic mass is 9.96. The predicted molar refractivity (Wildman–Crippen MR) is 60.9 cm³/mol. The first kappa shape index (κ1) is 10.4. The summed E-state index contributed by atoms with van der Waals surface area (Å²) in [6.07, 6.45) is 3.87. The van der Waals surface area contributed by atoms with Gasteiger partial charge in [0.05, 0.1) is 10.7 Å². The monoisotopic (exact) mass is 221 g/mol. The summed E-state index contributed by atoms with van der Waals surface area (Å²) in [5.41, 5.74) is 2.97. The normalized spacial score (nSPS) is 15.2. The number of hydrogen-bond acceptors (Lipinski definition) is 2. The molecular weight excluding hydrogens is 210 g/mol. The minimum Gasteiger partial charge on any atom is -0.293 e. The molecule has 0 N–H and O–H groups in total. The molecule has 2 rings (SSSR count). The van der Waals surface area contributed by atoms with Crippen LogP contribution in [0.15, 0.2) is 17.3 Å². The van der Waals surface area contributed by atoms with Crippen LogP contribution in [0.4, 0.5) is 0 Å². The molecule has 1 aromatic heterocycles. The van der Waals surface area contributed by atoms with Crippen molar-refractivity contribution in [3.8, 4) is 0 Å². The van der Waals surface area contributed by atoms with Crippen molar-refractivity contribution in [3.05, 3.63) is 34.1 Å². The minimum atomic E-state index is -0.0214. The zero-order valence-corrected chi connectivity index (χ0v) is 9.51. The molecule has 1 aliphatic carbocycles. The summed E-state index contributed by atoms with van der Waals surface area (Å²) in [6.45, 7) is 4.22. The summed E-state index contributed by atoms with van der Waals surface area (Å²) in [5.74, 6) is 0.408. The second-order valence-electron chi connectivity index (χ2n) is 4.06. The number of hydrogen-bond donors (Lipinski definition) is 0. The summed E-state index contributed by atoms with van der Waals surface area (Å²) in [5, 5.41) is 0.285. The molecule has 1 aliphatic rings. The first-order chi connectivity index (χ1) is 7.08. The first-order valence-electron chi connectivity index (χ1n) is 4.97. The molecule has 78 valence electrons. The molecule has 1 heterocycles. The molecular formula is C12H12ClNO. The highest BCUT2D eigenvalue weighted by Crippen LogP contribution is 2.25. The third-order valence-electron chi connectivity index (χ3n) is 2.57. The van der Waals surface area contributed by atoms with E-state index in [1.807, 2.05) is 12.3 Å². The number of allylic oxidation sites excluding steroid dienone is 1. The number of ketones is 1. The maximum atomic E-state index is 11.4. The van der Waals surface area contributed by atoms with Crippen LogP contribution in [0.3, 0.4) is 0 Å². The van der Waals surface area contributed by atoms with Gasteiger partial charge in [-0.05, 0) is 23.1 Å². The highest BCUT2D eigenvalue weighted by Gasteiger charge is 2.18. The standard InChI is InChI=1S/C12H12ClNO/c1-7(2)9-3-8-4-12(15)10(13)5-11(8)14-6-9/h3,5-7H,4H2,1-2H3. The Morgan fingerprint density at radius 2 is 2.20 bits per heavy atom. The van der Waals surface area contributed by atoms with E-state index in [0.29, 0.717) is 12.3 Å². The van der Waals surface area contributed by atoms with Gasteiger partial charge >= 0.3 is 0 Å². The van der Waals surface area contributed by atoms with E-state index in [1.54, 1.807) is 6.08 Å². The van der Waals surface area contributed by atoms with Crippen LogP contribution in [0, 0.1) is 0 Å². The van der Waals surface area contributed by atoms with Gasteiger partial charge in [-0.25, -0.2) is 0 Å². The van der Waals surface area contributed by atoms with Gasteiger partial charge in [0, 0.05) is 12.6 Å². The van der Waals surface area contributed by atoms with Gasteiger partial charge in [0.1, 0.15) is 0 Å². The Bertz CT molecular complexity index is 449. The number of halogens is 1. The number of carbonyl (C=O) groups excluding carboxylic acids is 1. The average Bonchev–Trinajstić information content (AvgIpc) is 2.19. The van der Waals surface area contributed by atoms with Crippen LogP contribution in [0.1, 0.15) is 36.6 Å². The van der Waals surface area contributed by atoms with Crippen molar-refractivity contribution in [2.75, 3.05) is 0 Å². The van der Waals surface area contributed by atoms with Gasteiger partial charge in [-0.15, -0.1) is 0 Å². The van der Waals surface area contributed by atoms with Crippen LogP contribution in [-0.2, 0) is 11.2 Å². The Balaban J connectivity index is 2.48. The van der Waals surface area contributed by atoms with Gasteiger partial charge in [-0.2, -0.15) is 0 Å². The van der Waals surface area contributed by atoms with E-state index in [0.717, 1.165) is 16.8 Å². The van der Waals surface area contributed by atoms with Crippen LogP contribution in [0.5, 0.6) is 0 Å². The van der Waals surface area contributed by atoms with Crippen molar-refractivity contribution in [3.63, 3.8) is 0 Å². The van der Waals surface area contributed by atoms with Gasteiger partial charge in [-0.1, -0.05) is 31.5 Å². The number of nitrogens with zero attached hydrogens (tertiary/aromatic N) is 1. The zero-order chi connectivity index (χ0) is 11.0. The van der Waals surface area contributed by atoms with E-state index in [2.05, 4.69) is 18.8 Å². The summed E-state index contributed by atoms with van der Waals surface area (Å²) >= 11 is 5.77. The maximum Gasteiger partial charge on any atom is 0.178 e. The topological polar surface area (TPSA) is 30.0 Å². The molecule has 3 heteroatoms. The highest BCUT2D eigenvalue weighted by atomic mass is 35.5. The Morgan fingerprint density at radius 1 is 1.47 bits per heavy atom. The van der Waals surface area contributed by atoms with E-state index >= 15 is 0 Å². The van der Waals surface area contributed by atoms with E-state index in [9.17, 15) is 4.79 Å². The van der Waals surface area contributed by atoms with Crippen molar-refractivity contribution < 1.29 is 4.79 Å². The van der Waals surface area contributed by atoms with E-state index in [1.165, 1.54) is 0 Å². The molecule has 1 aromatic rings. The fraction of sp³-hybridized carbons (Fsp3) is 0.333. The van der Waals surface area contributed by atoms with Crippen LogP contribution in [-0.4, -0.2) is 10.8 Å². The van der Waals surface area contributed by atoms with E-state index in [4.69, 9.17) is 11.6 Å². The average molecular weight is 222 g/mol.